The first-order valence-corrected chi connectivity index (χ1v) is 4.41. The highest BCUT2D eigenvalue weighted by Gasteiger charge is 2.05. The number of methoxy groups -OCH3 is 1. The smallest absolute Gasteiger partial charge is 0.333 e. The maximum absolute atomic E-state index is 11.1. The van der Waals surface area contributed by atoms with Gasteiger partial charge < -0.3 is 9.47 Å². The number of carbonyl (C=O) groups is 2. The molecule has 0 aliphatic carbocycles. The number of hydrogen-bond acceptors (Lipinski definition) is 4. The molecule has 0 N–H and O–H groups in total. The molecule has 0 saturated heterocycles. The van der Waals surface area contributed by atoms with Crippen LogP contribution < -0.4 is 0 Å². The summed E-state index contributed by atoms with van der Waals surface area (Å²) in [4.78, 5) is 21.9. The van der Waals surface area contributed by atoms with Crippen molar-refractivity contribution in [2.45, 2.75) is 19.8 Å². The van der Waals surface area contributed by atoms with Crippen LogP contribution in [0.3, 0.4) is 0 Å². The standard InChI is InChI=1S/C10H16O4/c1-8(2)10(12)14-7-5-9(11)4-6-13-3/h1,4-7H2,2-3H3. The molecule has 0 rings (SSSR count). The highest BCUT2D eigenvalue weighted by molar-refractivity contribution is 5.87. The van der Waals surface area contributed by atoms with E-state index < -0.39 is 5.97 Å². The van der Waals surface area contributed by atoms with Crippen molar-refractivity contribution < 1.29 is 19.1 Å². The van der Waals surface area contributed by atoms with Crippen molar-refractivity contribution in [2.75, 3.05) is 20.3 Å². The van der Waals surface area contributed by atoms with Crippen LogP contribution in [0.15, 0.2) is 12.2 Å². The molecule has 80 valence electrons. The van der Waals surface area contributed by atoms with E-state index >= 15 is 0 Å². The molecule has 0 saturated carbocycles. The largest absolute Gasteiger partial charge is 0.462 e. The predicted molar refractivity (Wildman–Crippen MR) is 51.9 cm³/mol. The molecule has 0 aliphatic rings. The van der Waals surface area contributed by atoms with Crippen molar-refractivity contribution in [3.63, 3.8) is 0 Å². The molecule has 0 aromatic rings. The van der Waals surface area contributed by atoms with Crippen LogP contribution >= 0.6 is 0 Å². The molecule has 0 aromatic heterocycles. The van der Waals surface area contributed by atoms with E-state index in [1.165, 1.54) is 7.11 Å². The van der Waals surface area contributed by atoms with E-state index in [1.54, 1.807) is 6.92 Å². The van der Waals surface area contributed by atoms with Crippen LogP contribution in [0.2, 0.25) is 0 Å². The Morgan fingerprint density at radius 1 is 1.21 bits per heavy atom. The molecule has 0 bridgehead atoms. The second-order valence-electron chi connectivity index (χ2n) is 2.95. The maximum Gasteiger partial charge on any atom is 0.333 e. The number of Topliss-reactive ketones (excluding diaryl/α,β-unsaturated/α-hetero) is 1. The maximum atomic E-state index is 11.1. The third kappa shape index (κ3) is 6.37. The first-order chi connectivity index (χ1) is 6.57. The van der Waals surface area contributed by atoms with Crippen LogP contribution in [0, 0.1) is 0 Å². The van der Waals surface area contributed by atoms with E-state index in [0.29, 0.717) is 18.6 Å². The van der Waals surface area contributed by atoms with Crippen LogP contribution in [0.4, 0.5) is 0 Å². The zero-order chi connectivity index (χ0) is 11.0. The van der Waals surface area contributed by atoms with Gasteiger partial charge in [-0.15, -0.1) is 0 Å². The Labute approximate surface area is 83.9 Å². The molecule has 0 amide bonds. The van der Waals surface area contributed by atoms with Gasteiger partial charge in [0.2, 0.25) is 0 Å². The summed E-state index contributed by atoms with van der Waals surface area (Å²) < 4.78 is 9.49. The number of hydrogen-bond donors (Lipinski definition) is 0. The number of carbonyl (C=O) groups excluding carboxylic acids is 2. The van der Waals surface area contributed by atoms with Gasteiger partial charge >= 0.3 is 5.97 Å². The molecular weight excluding hydrogens is 184 g/mol. The number of esters is 1. The lowest BCUT2D eigenvalue weighted by Gasteiger charge is -2.03. The van der Waals surface area contributed by atoms with Crippen LogP contribution in [0.5, 0.6) is 0 Å². The third-order valence-corrected chi connectivity index (χ3v) is 1.55. The minimum absolute atomic E-state index is 0.0290. The van der Waals surface area contributed by atoms with E-state index in [0.717, 1.165) is 0 Å². The van der Waals surface area contributed by atoms with E-state index in [9.17, 15) is 9.59 Å². The summed E-state index contributed by atoms with van der Waals surface area (Å²) in [6.07, 6.45) is 0.601. The highest BCUT2D eigenvalue weighted by Crippen LogP contribution is 1.96. The fourth-order valence-corrected chi connectivity index (χ4v) is 0.722. The van der Waals surface area contributed by atoms with Gasteiger partial charge in [-0.3, -0.25) is 4.79 Å². The molecule has 0 spiro atoms. The third-order valence-electron chi connectivity index (χ3n) is 1.55. The van der Waals surface area contributed by atoms with Crippen LogP contribution in [-0.4, -0.2) is 32.1 Å². The van der Waals surface area contributed by atoms with Crippen molar-refractivity contribution in [1.82, 2.24) is 0 Å². The monoisotopic (exact) mass is 200 g/mol. The molecule has 0 aromatic carbocycles. The van der Waals surface area contributed by atoms with Gasteiger partial charge in [0.15, 0.2) is 0 Å². The minimum atomic E-state index is -0.454. The molecule has 0 heterocycles. The molecule has 0 unspecified atom stereocenters. The molecule has 0 aliphatic heterocycles. The normalized spacial score (nSPS) is 9.57. The average Bonchev–Trinajstić information content (AvgIpc) is 2.14. The summed E-state index contributed by atoms with van der Waals surface area (Å²) >= 11 is 0. The second kappa shape index (κ2) is 7.26. The fraction of sp³-hybridized carbons (Fsp3) is 0.600. The summed E-state index contributed by atoms with van der Waals surface area (Å²) in [6.45, 7) is 5.52. The number of ether oxygens (including phenoxy) is 2. The van der Waals surface area contributed by atoms with Crippen molar-refractivity contribution in [2.24, 2.45) is 0 Å². The van der Waals surface area contributed by atoms with Gasteiger partial charge in [-0.2, -0.15) is 0 Å². The van der Waals surface area contributed by atoms with E-state index in [4.69, 9.17) is 9.47 Å². The van der Waals surface area contributed by atoms with Crippen molar-refractivity contribution in [3.05, 3.63) is 12.2 Å². The molecule has 4 nitrogen and oxygen atoms in total. The Bertz CT molecular complexity index is 220. The second-order valence-corrected chi connectivity index (χ2v) is 2.95. The Balaban J connectivity index is 3.49. The Morgan fingerprint density at radius 2 is 1.79 bits per heavy atom. The van der Waals surface area contributed by atoms with Gasteiger partial charge in [-0.1, -0.05) is 6.58 Å². The lowest BCUT2D eigenvalue weighted by atomic mass is 10.2. The van der Waals surface area contributed by atoms with Gasteiger partial charge in [0.05, 0.1) is 13.2 Å². The Hall–Kier alpha value is -1.16. The van der Waals surface area contributed by atoms with Crippen LogP contribution in [0.1, 0.15) is 19.8 Å². The summed E-state index contributed by atoms with van der Waals surface area (Å²) in [5.41, 5.74) is 0.342. The Morgan fingerprint density at radius 3 is 2.29 bits per heavy atom. The number of ketones is 1. The summed E-state index contributed by atoms with van der Waals surface area (Å²) in [5, 5.41) is 0. The fourth-order valence-electron chi connectivity index (χ4n) is 0.722. The molecular formula is C10H16O4. The zero-order valence-corrected chi connectivity index (χ0v) is 8.67. The predicted octanol–water partition coefficient (Wildman–Crippen LogP) is 1.10. The van der Waals surface area contributed by atoms with Gasteiger partial charge in [-0.25, -0.2) is 4.79 Å². The van der Waals surface area contributed by atoms with Crippen LogP contribution in [-0.2, 0) is 19.1 Å². The first kappa shape index (κ1) is 12.8. The molecule has 14 heavy (non-hydrogen) atoms. The average molecular weight is 200 g/mol. The molecule has 0 atom stereocenters. The van der Waals surface area contributed by atoms with E-state index in [1.807, 2.05) is 0 Å². The van der Waals surface area contributed by atoms with Crippen LogP contribution in [0.25, 0.3) is 0 Å². The molecule has 0 fully saturated rings. The first-order valence-electron chi connectivity index (χ1n) is 4.41. The Kier molecular flexibility index (Phi) is 6.66. The van der Waals surface area contributed by atoms with E-state index in [-0.39, 0.29) is 18.8 Å². The van der Waals surface area contributed by atoms with Gasteiger partial charge in [-0.05, 0) is 6.92 Å². The summed E-state index contributed by atoms with van der Waals surface area (Å²) in [5.74, 6) is -0.425. The molecule has 0 radical (unpaired) electrons. The van der Waals surface area contributed by atoms with Crippen molar-refractivity contribution in [3.8, 4) is 0 Å². The van der Waals surface area contributed by atoms with Crippen molar-refractivity contribution in [1.29, 1.82) is 0 Å². The highest BCUT2D eigenvalue weighted by atomic mass is 16.5. The van der Waals surface area contributed by atoms with Crippen molar-refractivity contribution >= 4 is 11.8 Å². The number of rotatable bonds is 7. The lowest BCUT2D eigenvalue weighted by molar-refractivity contribution is -0.139. The molecule has 4 heteroatoms. The van der Waals surface area contributed by atoms with Gasteiger partial charge in [0.25, 0.3) is 0 Å². The topological polar surface area (TPSA) is 52.6 Å². The van der Waals surface area contributed by atoms with E-state index in [2.05, 4.69) is 6.58 Å². The van der Waals surface area contributed by atoms with Gasteiger partial charge in [0, 0.05) is 25.5 Å². The SMILES string of the molecule is C=C(C)C(=O)OCCC(=O)CCOC. The lowest BCUT2D eigenvalue weighted by Crippen LogP contribution is -2.11. The summed E-state index contributed by atoms with van der Waals surface area (Å²) in [6, 6.07) is 0. The minimum Gasteiger partial charge on any atom is -0.462 e. The van der Waals surface area contributed by atoms with Gasteiger partial charge in [0.1, 0.15) is 5.78 Å². The quantitative estimate of drug-likeness (QED) is 0.456. The zero-order valence-electron chi connectivity index (χ0n) is 8.67. The summed E-state index contributed by atoms with van der Waals surface area (Å²) in [7, 11) is 1.54.